The molecule has 1 aromatic rings. The molecule has 2 N–H and O–H groups in total. The number of hydrogen-bond donors (Lipinski definition) is 1. The normalized spacial score (nSPS) is 15.2. The van der Waals surface area contributed by atoms with Crippen molar-refractivity contribution in [1.82, 2.24) is 9.88 Å². The molecular weight excluding hydrogens is 359 g/mol. The van der Waals surface area contributed by atoms with E-state index in [9.17, 15) is 4.79 Å². The molecule has 1 aliphatic rings. The zero-order chi connectivity index (χ0) is 17.0. The van der Waals surface area contributed by atoms with Crippen molar-refractivity contribution in [3.05, 3.63) is 23.9 Å². The fourth-order valence-corrected chi connectivity index (χ4v) is 2.94. The zero-order valence-electron chi connectivity index (χ0n) is 15.7. The van der Waals surface area contributed by atoms with Gasteiger partial charge >= 0.3 is 0 Å². The van der Waals surface area contributed by atoms with Gasteiger partial charge in [-0.25, -0.2) is 4.98 Å². The van der Waals surface area contributed by atoms with E-state index in [0.717, 1.165) is 24.8 Å². The van der Waals surface area contributed by atoms with Crippen LogP contribution < -0.4 is 10.6 Å². The molecule has 0 unspecified atom stereocenters. The summed E-state index contributed by atoms with van der Waals surface area (Å²) in [5, 5.41) is 0. The predicted octanol–water partition coefficient (Wildman–Crippen LogP) is 3.22. The molecule has 0 bridgehead atoms. The van der Waals surface area contributed by atoms with Crippen molar-refractivity contribution in [2.24, 2.45) is 17.1 Å². The number of amides is 1. The van der Waals surface area contributed by atoms with Crippen LogP contribution in [-0.2, 0) is 0 Å². The summed E-state index contributed by atoms with van der Waals surface area (Å²) in [7, 11) is 1.82. The number of rotatable bonds is 5. The number of nitrogens with zero attached hydrogens (tertiary/aromatic N) is 3. The van der Waals surface area contributed by atoms with Crippen LogP contribution in [0.15, 0.2) is 18.3 Å². The Morgan fingerprint density at radius 2 is 1.92 bits per heavy atom. The summed E-state index contributed by atoms with van der Waals surface area (Å²) in [5.74, 6) is 1.77. The van der Waals surface area contributed by atoms with Gasteiger partial charge in [0.05, 0.1) is 5.56 Å². The Morgan fingerprint density at radius 1 is 1.32 bits per heavy atom. The number of carbonyl (C=O) groups is 1. The minimum Gasteiger partial charge on any atom is -0.357 e. The lowest BCUT2D eigenvalue weighted by Gasteiger charge is -2.31. The Bertz CT molecular complexity index is 528. The Hall–Kier alpha value is -1.04. The van der Waals surface area contributed by atoms with Crippen LogP contribution in [0.2, 0.25) is 0 Å². The molecule has 0 atom stereocenters. The maximum Gasteiger partial charge on any atom is 0.255 e. The minimum absolute atomic E-state index is 0. The first kappa shape index (κ1) is 24.0. The smallest absolute Gasteiger partial charge is 0.255 e. The molecule has 1 aromatic heterocycles. The lowest BCUT2D eigenvalue weighted by atomic mass is 9.93. The van der Waals surface area contributed by atoms with Crippen molar-refractivity contribution in [2.45, 2.75) is 33.6 Å². The van der Waals surface area contributed by atoms with Crippen molar-refractivity contribution < 1.29 is 4.79 Å². The monoisotopic (exact) mass is 390 g/mol. The summed E-state index contributed by atoms with van der Waals surface area (Å²) in [4.78, 5) is 21.0. The van der Waals surface area contributed by atoms with Crippen LogP contribution in [0.3, 0.4) is 0 Å². The standard InChI is InChI=1S/C18H30N4O.2ClH/c1-14-7-9-22(10-8-14)16-6-5-15(11-20-16)17(23)21(4)13-18(2,3)12-19;;/h5-6,11,14H,7-10,12-13,19H2,1-4H3;2*1H. The van der Waals surface area contributed by atoms with Gasteiger partial charge in [0, 0.05) is 32.9 Å². The summed E-state index contributed by atoms with van der Waals surface area (Å²) >= 11 is 0. The van der Waals surface area contributed by atoms with Gasteiger partial charge in [-0.3, -0.25) is 4.79 Å². The van der Waals surface area contributed by atoms with Crippen LogP contribution in [0.1, 0.15) is 44.0 Å². The van der Waals surface area contributed by atoms with Crippen molar-refractivity contribution >= 4 is 36.5 Å². The molecule has 2 heterocycles. The highest BCUT2D eigenvalue weighted by atomic mass is 35.5. The Balaban J connectivity index is 0.00000288. The minimum atomic E-state index is -0.0811. The Morgan fingerprint density at radius 3 is 2.40 bits per heavy atom. The summed E-state index contributed by atoms with van der Waals surface area (Å²) < 4.78 is 0. The quantitative estimate of drug-likeness (QED) is 0.837. The molecule has 144 valence electrons. The Labute approximate surface area is 164 Å². The average Bonchev–Trinajstić information content (AvgIpc) is 2.54. The summed E-state index contributed by atoms with van der Waals surface area (Å²) in [6.45, 7) is 9.71. The SMILES string of the molecule is CC1CCN(c2ccc(C(=O)N(C)CC(C)(C)CN)cn2)CC1.Cl.Cl. The number of anilines is 1. The van der Waals surface area contributed by atoms with Crippen LogP contribution in [0, 0.1) is 11.3 Å². The molecule has 0 radical (unpaired) electrons. The van der Waals surface area contributed by atoms with Crippen LogP contribution in [0.5, 0.6) is 0 Å². The molecule has 0 saturated carbocycles. The first-order valence-corrected chi connectivity index (χ1v) is 8.49. The molecule has 5 nitrogen and oxygen atoms in total. The first-order valence-electron chi connectivity index (χ1n) is 8.49. The molecule has 1 aliphatic heterocycles. The fraction of sp³-hybridized carbons (Fsp3) is 0.667. The molecule has 25 heavy (non-hydrogen) atoms. The number of hydrogen-bond acceptors (Lipinski definition) is 4. The number of aromatic nitrogens is 1. The molecule has 0 aliphatic carbocycles. The van der Waals surface area contributed by atoms with Gasteiger partial charge in [-0.2, -0.15) is 0 Å². The molecule has 1 amide bonds. The maximum atomic E-state index is 12.5. The van der Waals surface area contributed by atoms with E-state index < -0.39 is 0 Å². The van der Waals surface area contributed by atoms with E-state index in [4.69, 9.17) is 5.73 Å². The molecule has 2 rings (SSSR count). The molecule has 1 saturated heterocycles. The zero-order valence-corrected chi connectivity index (χ0v) is 17.3. The van der Waals surface area contributed by atoms with E-state index >= 15 is 0 Å². The summed E-state index contributed by atoms with van der Waals surface area (Å²) in [6.07, 6.45) is 4.11. The highest BCUT2D eigenvalue weighted by Gasteiger charge is 2.22. The van der Waals surface area contributed by atoms with E-state index in [1.807, 2.05) is 19.2 Å². The molecule has 0 aromatic carbocycles. The lowest BCUT2D eigenvalue weighted by molar-refractivity contribution is 0.0740. The van der Waals surface area contributed by atoms with Gasteiger partial charge in [-0.1, -0.05) is 20.8 Å². The number of halogens is 2. The number of carbonyl (C=O) groups excluding carboxylic acids is 1. The van der Waals surface area contributed by atoms with Crippen molar-refractivity contribution in [3.63, 3.8) is 0 Å². The van der Waals surface area contributed by atoms with Gasteiger partial charge < -0.3 is 15.5 Å². The number of nitrogens with two attached hydrogens (primary N) is 1. The van der Waals surface area contributed by atoms with E-state index in [1.54, 1.807) is 11.1 Å². The lowest BCUT2D eigenvalue weighted by Crippen LogP contribution is -2.39. The third-order valence-corrected chi connectivity index (χ3v) is 4.67. The van der Waals surface area contributed by atoms with Crippen LogP contribution in [0.4, 0.5) is 5.82 Å². The fourth-order valence-electron chi connectivity index (χ4n) is 2.94. The van der Waals surface area contributed by atoms with E-state index in [0.29, 0.717) is 18.7 Å². The molecule has 1 fully saturated rings. The molecule has 7 heteroatoms. The summed E-state index contributed by atoms with van der Waals surface area (Å²) in [6, 6.07) is 3.85. The van der Waals surface area contributed by atoms with Crippen LogP contribution in [0.25, 0.3) is 0 Å². The second kappa shape index (κ2) is 10.2. The topological polar surface area (TPSA) is 62.5 Å². The van der Waals surface area contributed by atoms with Gasteiger partial charge in [-0.05, 0) is 42.9 Å². The van der Waals surface area contributed by atoms with Crippen LogP contribution in [-0.4, -0.2) is 49.0 Å². The first-order chi connectivity index (χ1) is 10.8. The van der Waals surface area contributed by atoms with E-state index in [1.165, 1.54) is 12.8 Å². The molecule has 0 spiro atoms. The highest BCUT2D eigenvalue weighted by Crippen LogP contribution is 2.22. The van der Waals surface area contributed by atoms with Gasteiger partial charge in [0.2, 0.25) is 0 Å². The Kier molecular flexibility index (Phi) is 9.77. The van der Waals surface area contributed by atoms with Gasteiger partial charge in [0.25, 0.3) is 5.91 Å². The van der Waals surface area contributed by atoms with Gasteiger partial charge in [-0.15, -0.1) is 24.8 Å². The van der Waals surface area contributed by atoms with E-state index in [-0.39, 0.29) is 36.1 Å². The number of piperidine rings is 1. The maximum absolute atomic E-state index is 12.5. The van der Waals surface area contributed by atoms with E-state index in [2.05, 4.69) is 30.7 Å². The van der Waals surface area contributed by atoms with Crippen LogP contribution >= 0.6 is 24.8 Å². The molecular formula is C18H32Cl2N4O. The van der Waals surface area contributed by atoms with Gasteiger partial charge in [0.1, 0.15) is 5.82 Å². The van der Waals surface area contributed by atoms with Gasteiger partial charge in [0.15, 0.2) is 0 Å². The average molecular weight is 391 g/mol. The highest BCUT2D eigenvalue weighted by molar-refractivity contribution is 5.94. The predicted molar refractivity (Wildman–Crippen MR) is 109 cm³/mol. The number of pyridine rings is 1. The third-order valence-electron chi connectivity index (χ3n) is 4.67. The second-order valence-corrected chi connectivity index (χ2v) is 7.60. The largest absolute Gasteiger partial charge is 0.357 e. The van der Waals surface area contributed by atoms with Crippen molar-refractivity contribution in [1.29, 1.82) is 0 Å². The van der Waals surface area contributed by atoms with Crippen molar-refractivity contribution in [2.75, 3.05) is 38.1 Å². The van der Waals surface area contributed by atoms with Crippen molar-refractivity contribution in [3.8, 4) is 0 Å². The summed E-state index contributed by atoms with van der Waals surface area (Å²) in [5.41, 5.74) is 6.30. The third kappa shape index (κ3) is 6.65. The second-order valence-electron chi connectivity index (χ2n) is 7.60.